The number of benzene rings is 1. The standard InChI is InChI=1S/C23H21Cl2N5O3/c1-12-4-3-5-14(6-12)19(11-31)28-21(32)13(2)30-10-18-16(22(30)33)7-15(8-26-18)20-17(24)9-27-23(25)29-20/h3-9,13,19,31H,10-11H2,1-2H3,(H,28,32)/t13?,19-/m1/s1. The van der Waals surface area contributed by atoms with Gasteiger partial charge in [-0.25, -0.2) is 9.97 Å². The van der Waals surface area contributed by atoms with Gasteiger partial charge in [0.1, 0.15) is 6.04 Å². The summed E-state index contributed by atoms with van der Waals surface area (Å²) < 4.78 is 0. The number of carbonyl (C=O) groups excluding carboxylic acids is 2. The maximum absolute atomic E-state index is 13.1. The van der Waals surface area contributed by atoms with Gasteiger partial charge in [0.05, 0.1) is 47.4 Å². The second-order valence-electron chi connectivity index (χ2n) is 7.82. The first-order valence-corrected chi connectivity index (χ1v) is 11.0. The lowest BCUT2D eigenvalue weighted by Gasteiger charge is -2.26. The number of nitrogens with zero attached hydrogens (tertiary/aromatic N) is 4. The van der Waals surface area contributed by atoms with Gasteiger partial charge in [-0.2, -0.15) is 0 Å². The molecule has 170 valence electrons. The number of aliphatic hydroxyl groups excluding tert-OH is 1. The summed E-state index contributed by atoms with van der Waals surface area (Å²) in [5.41, 5.74) is 3.63. The Morgan fingerprint density at radius 1 is 1.24 bits per heavy atom. The normalized spacial score (nSPS) is 14.7. The van der Waals surface area contributed by atoms with Crippen molar-refractivity contribution < 1.29 is 14.7 Å². The summed E-state index contributed by atoms with van der Waals surface area (Å²) in [4.78, 5) is 39.8. The van der Waals surface area contributed by atoms with Crippen LogP contribution in [0.1, 0.15) is 40.1 Å². The molecule has 2 N–H and O–H groups in total. The lowest BCUT2D eigenvalue weighted by atomic mass is 10.0. The van der Waals surface area contributed by atoms with Crippen LogP contribution in [-0.2, 0) is 11.3 Å². The van der Waals surface area contributed by atoms with Crippen LogP contribution in [0.15, 0.2) is 42.7 Å². The van der Waals surface area contributed by atoms with Crippen molar-refractivity contribution in [3.8, 4) is 11.3 Å². The molecule has 0 saturated heterocycles. The van der Waals surface area contributed by atoms with Crippen molar-refractivity contribution in [3.63, 3.8) is 0 Å². The Hall–Kier alpha value is -3.07. The predicted molar refractivity (Wildman–Crippen MR) is 124 cm³/mol. The largest absolute Gasteiger partial charge is 0.394 e. The molecule has 0 aliphatic carbocycles. The van der Waals surface area contributed by atoms with E-state index in [2.05, 4.69) is 20.3 Å². The number of aromatic nitrogens is 3. The highest BCUT2D eigenvalue weighted by atomic mass is 35.5. The van der Waals surface area contributed by atoms with Gasteiger partial charge in [-0.3, -0.25) is 14.6 Å². The van der Waals surface area contributed by atoms with E-state index in [1.54, 1.807) is 19.2 Å². The molecule has 4 rings (SSSR count). The third kappa shape index (κ3) is 4.68. The molecule has 8 nitrogen and oxygen atoms in total. The Labute approximate surface area is 200 Å². The molecule has 1 aromatic carbocycles. The van der Waals surface area contributed by atoms with Crippen LogP contribution in [-0.4, -0.2) is 49.4 Å². The number of pyridine rings is 1. The Bertz CT molecular complexity index is 1240. The van der Waals surface area contributed by atoms with E-state index < -0.39 is 12.1 Å². The van der Waals surface area contributed by atoms with Crippen molar-refractivity contribution in [1.82, 2.24) is 25.2 Å². The number of aliphatic hydroxyl groups is 1. The van der Waals surface area contributed by atoms with Gasteiger partial charge in [0.25, 0.3) is 5.91 Å². The molecule has 0 bridgehead atoms. The second kappa shape index (κ2) is 9.43. The smallest absolute Gasteiger partial charge is 0.256 e. The maximum Gasteiger partial charge on any atom is 0.256 e. The fraction of sp³-hybridized carbons (Fsp3) is 0.261. The molecular formula is C23H21Cl2N5O3. The molecule has 3 heterocycles. The molecule has 2 atom stereocenters. The number of aryl methyl sites for hydroxylation is 1. The number of hydrogen-bond donors (Lipinski definition) is 2. The zero-order valence-corrected chi connectivity index (χ0v) is 19.4. The topological polar surface area (TPSA) is 108 Å². The number of amides is 2. The van der Waals surface area contributed by atoms with Crippen molar-refractivity contribution in [2.45, 2.75) is 32.5 Å². The lowest BCUT2D eigenvalue weighted by molar-refractivity contribution is -0.126. The quantitative estimate of drug-likeness (QED) is 0.518. The van der Waals surface area contributed by atoms with Gasteiger partial charge >= 0.3 is 0 Å². The van der Waals surface area contributed by atoms with Crippen LogP contribution >= 0.6 is 23.2 Å². The Morgan fingerprint density at radius 3 is 2.76 bits per heavy atom. The average molecular weight is 486 g/mol. The molecule has 1 unspecified atom stereocenters. The summed E-state index contributed by atoms with van der Waals surface area (Å²) in [6.45, 7) is 3.51. The van der Waals surface area contributed by atoms with Crippen molar-refractivity contribution in [2.24, 2.45) is 0 Å². The highest BCUT2D eigenvalue weighted by molar-refractivity contribution is 6.33. The van der Waals surface area contributed by atoms with Crippen LogP contribution in [0, 0.1) is 6.92 Å². The molecule has 0 saturated carbocycles. The van der Waals surface area contributed by atoms with E-state index in [-0.39, 0.29) is 35.3 Å². The van der Waals surface area contributed by atoms with Crippen LogP contribution in [0.4, 0.5) is 0 Å². The molecule has 10 heteroatoms. The van der Waals surface area contributed by atoms with E-state index >= 15 is 0 Å². The molecular weight excluding hydrogens is 465 g/mol. The average Bonchev–Trinajstić information content (AvgIpc) is 3.14. The lowest BCUT2D eigenvalue weighted by Crippen LogP contribution is -2.46. The summed E-state index contributed by atoms with van der Waals surface area (Å²) >= 11 is 12.1. The molecule has 1 aliphatic heterocycles. The van der Waals surface area contributed by atoms with Crippen molar-refractivity contribution in [2.75, 3.05) is 6.61 Å². The third-order valence-corrected chi connectivity index (χ3v) is 6.02. The van der Waals surface area contributed by atoms with E-state index in [1.165, 1.54) is 11.1 Å². The minimum Gasteiger partial charge on any atom is -0.394 e. The first kappa shape index (κ1) is 23.1. The van der Waals surface area contributed by atoms with E-state index in [1.807, 2.05) is 31.2 Å². The molecule has 0 fully saturated rings. The minimum absolute atomic E-state index is 0.0280. The van der Waals surface area contributed by atoms with Crippen molar-refractivity contribution in [3.05, 3.63) is 75.4 Å². The van der Waals surface area contributed by atoms with Crippen molar-refractivity contribution in [1.29, 1.82) is 0 Å². The van der Waals surface area contributed by atoms with Crippen molar-refractivity contribution >= 4 is 35.0 Å². The zero-order chi connectivity index (χ0) is 23.7. The number of fused-ring (bicyclic) bond motifs is 1. The van der Waals surface area contributed by atoms with Crippen LogP contribution in [0.25, 0.3) is 11.3 Å². The fourth-order valence-corrected chi connectivity index (χ4v) is 4.07. The Kier molecular flexibility index (Phi) is 6.60. The highest BCUT2D eigenvalue weighted by Crippen LogP contribution is 2.31. The summed E-state index contributed by atoms with van der Waals surface area (Å²) in [6, 6.07) is 7.84. The van der Waals surface area contributed by atoms with Crippen LogP contribution in [0.3, 0.4) is 0 Å². The number of nitrogens with one attached hydrogen (secondary N) is 1. The summed E-state index contributed by atoms with van der Waals surface area (Å²) in [7, 11) is 0. The maximum atomic E-state index is 13.1. The molecule has 3 aromatic rings. The van der Waals surface area contributed by atoms with Gasteiger partial charge in [-0.1, -0.05) is 41.4 Å². The van der Waals surface area contributed by atoms with Gasteiger partial charge in [0.2, 0.25) is 11.2 Å². The van der Waals surface area contributed by atoms with Crippen LogP contribution in [0.2, 0.25) is 10.3 Å². The summed E-state index contributed by atoms with van der Waals surface area (Å²) in [6.07, 6.45) is 2.94. The van der Waals surface area contributed by atoms with Gasteiger partial charge in [-0.15, -0.1) is 0 Å². The zero-order valence-electron chi connectivity index (χ0n) is 17.9. The summed E-state index contributed by atoms with van der Waals surface area (Å²) in [5, 5.41) is 12.9. The number of rotatable bonds is 6. The van der Waals surface area contributed by atoms with Gasteiger partial charge in [0.15, 0.2) is 0 Å². The SMILES string of the molecule is Cc1cccc([C@@H](CO)NC(=O)C(C)N2Cc3ncc(-c4nc(Cl)ncc4Cl)cc3C2=O)c1. The second-order valence-corrected chi connectivity index (χ2v) is 8.57. The minimum atomic E-state index is -0.772. The molecule has 0 spiro atoms. The summed E-state index contributed by atoms with van der Waals surface area (Å²) in [5.74, 6) is -0.697. The third-order valence-electron chi connectivity index (χ3n) is 5.56. The highest BCUT2D eigenvalue weighted by Gasteiger charge is 2.36. The molecule has 33 heavy (non-hydrogen) atoms. The van der Waals surface area contributed by atoms with E-state index in [0.717, 1.165) is 11.1 Å². The molecule has 1 aliphatic rings. The van der Waals surface area contributed by atoms with Crippen LogP contribution in [0.5, 0.6) is 0 Å². The molecule has 0 radical (unpaired) electrons. The Morgan fingerprint density at radius 2 is 2.03 bits per heavy atom. The van der Waals surface area contributed by atoms with E-state index in [9.17, 15) is 14.7 Å². The monoisotopic (exact) mass is 485 g/mol. The van der Waals surface area contributed by atoms with Gasteiger partial charge in [-0.05, 0) is 37.1 Å². The number of halogens is 2. The predicted octanol–water partition coefficient (Wildman–Crippen LogP) is 3.35. The Balaban J connectivity index is 1.53. The van der Waals surface area contributed by atoms with Gasteiger partial charge in [0, 0.05) is 11.8 Å². The number of carbonyl (C=O) groups is 2. The first-order valence-electron chi connectivity index (χ1n) is 10.2. The van der Waals surface area contributed by atoms with Crippen LogP contribution < -0.4 is 5.32 Å². The molecule has 2 amide bonds. The molecule has 2 aromatic heterocycles. The fourth-order valence-electron chi connectivity index (χ4n) is 3.74. The first-order chi connectivity index (χ1) is 15.8. The van der Waals surface area contributed by atoms with Gasteiger partial charge < -0.3 is 15.3 Å². The number of hydrogen-bond acceptors (Lipinski definition) is 6. The van der Waals surface area contributed by atoms with E-state index in [4.69, 9.17) is 23.2 Å². The van der Waals surface area contributed by atoms with E-state index in [0.29, 0.717) is 22.5 Å².